The number of carbonyl (C=O) groups excluding carboxylic acids is 2. The summed E-state index contributed by atoms with van der Waals surface area (Å²) in [5, 5.41) is 11.9. The molecule has 0 saturated heterocycles. The number of nitrogens with zero attached hydrogens (tertiary/aromatic N) is 1. The summed E-state index contributed by atoms with van der Waals surface area (Å²) in [6.07, 6.45) is 3.74. The van der Waals surface area contributed by atoms with Crippen molar-refractivity contribution in [3.63, 3.8) is 0 Å². The lowest BCUT2D eigenvalue weighted by Gasteiger charge is -2.24. The number of hydrogen-bond acceptors (Lipinski definition) is 3. The van der Waals surface area contributed by atoms with Crippen molar-refractivity contribution in [1.29, 1.82) is 0 Å². The minimum atomic E-state index is -0.897. The number of anilines is 1. The van der Waals surface area contributed by atoms with Gasteiger partial charge in [0.1, 0.15) is 0 Å². The van der Waals surface area contributed by atoms with Crippen LogP contribution in [-0.2, 0) is 9.59 Å². The molecule has 128 valence electrons. The third kappa shape index (κ3) is 3.93. The Morgan fingerprint density at radius 2 is 1.79 bits per heavy atom. The minimum absolute atomic E-state index is 0.0315. The highest BCUT2D eigenvalue weighted by atomic mass is 16.4. The van der Waals surface area contributed by atoms with E-state index in [4.69, 9.17) is 5.11 Å². The Kier molecular flexibility index (Phi) is 4.55. The van der Waals surface area contributed by atoms with E-state index in [2.05, 4.69) is 5.32 Å². The molecule has 3 rings (SSSR count). The Morgan fingerprint density at radius 3 is 2.29 bits per heavy atom. The maximum atomic E-state index is 12.7. The van der Waals surface area contributed by atoms with Crippen molar-refractivity contribution in [3.8, 4) is 0 Å². The van der Waals surface area contributed by atoms with Gasteiger partial charge in [0, 0.05) is 29.8 Å². The lowest BCUT2D eigenvalue weighted by molar-refractivity contribution is -0.141. The second-order valence-corrected chi connectivity index (χ2v) is 6.77. The first-order chi connectivity index (χ1) is 11.5. The predicted molar refractivity (Wildman–Crippen MR) is 88.7 cm³/mol. The zero-order valence-electron chi connectivity index (χ0n) is 13.7. The zero-order valence-corrected chi connectivity index (χ0v) is 13.7. The molecule has 2 saturated carbocycles. The Morgan fingerprint density at radius 1 is 1.17 bits per heavy atom. The number of aliphatic carboxylic acids is 1. The van der Waals surface area contributed by atoms with Crippen LogP contribution < -0.4 is 5.32 Å². The maximum absolute atomic E-state index is 12.7. The number of benzene rings is 1. The van der Waals surface area contributed by atoms with E-state index in [0.29, 0.717) is 11.3 Å². The van der Waals surface area contributed by atoms with E-state index in [1.165, 1.54) is 0 Å². The fourth-order valence-corrected chi connectivity index (χ4v) is 2.61. The summed E-state index contributed by atoms with van der Waals surface area (Å²) in [5.41, 5.74) is 1.20. The number of nitrogens with one attached hydrogen (secondary N) is 1. The molecule has 2 fully saturated rings. The Labute approximate surface area is 140 Å². The van der Waals surface area contributed by atoms with Gasteiger partial charge in [0.25, 0.3) is 5.91 Å². The molecule has 6 nitrogen and oxygen atoms in total. The predicted octanol–water partition coefficient (Wildman–Crippen LogP) is 2.36. The van der Waals surface area contributed by atoms with E-state index in [1.54, 1.807) is 36.1 Å². The van der Waals surface area contributed by atoms with Crippen LogP contribution in [0.15, 0.2) is 24.3 Å². The van der Waals surface area contributed by atoms with Crippen molar-refractivity contribution in [2.45, 2.75) is 38.6 Å². The maximum Gasteiger partial charge on any atom is 0.308 e. The highest BCUT2D eigenvalue weighted by Gasteiger charge is 2.35. The van der Waals surface area contributed by atoms with Crippen LogP contribution in [0, 0.1) is 11.8 Å². The van der Waals surface area contributed by atoms with Crippen LogP contribution in [0.4, 0.5) is 5.69 Å². The molecule has 0 aliphatic heterocycles. The van der Waals surface area contributed by atoms with Gasteiger partial charge in [0.05, 0.1) is 5.92 Å². The molecule has 6 heteroatoms. The number of carbonyl (C=O) groups is 3. The van der Waals surface area contributed by atoms with Crippen molar-refractivity contribution < 1.29 is 19.5 Å². The third-order valence-electron chi connectivity index (χ3n) is 4.49. The second kappa shape index (κ2) is 6.63. The molecule has 2 amide bonds. The van der Waals surface area contributed by atoms with E-state index in [0.717, 1.165) is 25.7 Å². The van der Waals surface area contributed by atoms with Crippen LogP contribution >= 0.6 is 0 Å². The van der Waals surface area contributed by atoms with Gasteiger partial charge in [-0.05, 0) is 49.9 Å². The van der Waals surface area contributed by atoms with Crippen LogP contribution in [-0.4, -0.2) is 40.4 Å². The van der Waals surface area contributed by atoms with Crippen LogP contribution in [0.25, 0.3) is 0 Å². The summed E-state index contributed by atoms with van der Waals surface area (Å²) in [7, 11) is 0. The number of carboxylic acids is 1. The Bertz CT molecular complexity index is 647. The number of rotatable bonds is 7. The molecule has 2 aliphatic carbocycles. The van der Waals surface area contributed by atoms with Gasteiger partial charge in [-0.25, -0.2) is 0 Å². The van der Waals surface area contributed by atoms with Gasteiger partial charge < -0.3 is 15.3 Å². The zero-order chi connectivity index (χ0) is 17.3. The van der Waals surface area contributed by atoms with E-state index in [1.807, 2.05) is 0 Å². The molecule has 2 N–H and O–H groups in total. The van der Waals surface area contributed by atoms with Gasteiger partial charge in [-0.2, -0.15) is 0 Å². The van der Waals surface area contributed by atoms with Crippen molar-refractivity contribution in [3.05, 3.63) is 29.8 Å². The average molecular weight is 330 g/mol. The number of carboxylic acid groups (broad SMARTS) is 1. The monoisotopic (exact) mass is 330 g/mol. The van der Waals surface area contributed by atoms with Crippen molar-refractivity contribution >= 4 is 23.5 Å². The normalized spacial score (nSPS) is 17.9. The topological polar surface area (TPSA) is 86.7 Å². The second-order valence-electron chi connectivity index (χ2n) is 6.77. The van der Waals surface area contributed by atoms with E-state index < -0.39 is 11.9 Å². The molecule has 1 aromatic carbocycles. The molecule has 0 bridgehead atoms. The first-order valence-electron chi connectivity index (χ1n) is 8.40. The molecule has 24 heavy (non-hydrogen) atoms. The van der Waals surface area contributed by atoms with Gasteiger partial charge >= 0.3 is 5.97 Å². The summed E-state index contributed by atoms with van der Waals surface area (Å²) in [6, 6.07) is 6.96. The van der Waals surface area contributed by atoms with Crippen molar-refractivity contribution in [2.24, 2.45) is 11.8 Å². The quantitative estimate of drug-likeness (QED) is 0.803. The van der Waals surface area contributed by atoms with Crippen LogP contribution in [0.3, 0.4) is 0 Å². The highest BCUT2D eigenvalue weighted by Crippen LogP contribution is 2.31. The molecule has 0 aromatic heterocycles. The summed E-state index contributed by atoms with van der Waals surface area (Å²) in [6.45, 7) is 1.83. The first-order valence-corrected chi connectivity index (χ1v) is 8.40. The van der Waals surface area contributed by atoms with Crippen LogP contribution in [0.5, 0.6) is 0 Å². The largest absolute Gasteiger partial charge is 0.481 e. The molecular weight excluding hydrogens is 308 g/mol. The summed E-state index contributed by atoms with van der Waals surface area (Å²) < 4.78 is 0. The van der Waals surface area contributed by atoms with Crippen molar-refractivity contribution in [2.75, 3.05) is 11.9 Å². The van der Waals surface area contributed by atoms with Gasteiger partial charge in [0.15, 0.2) is 0 Å². The molecule has 2 aliphatic rings. The molecule has 0 spiro atoms. The Hall–Kier alpha value is -2.37. The molecule has 1 aromatic rings. The minimum Gasteiger partial charge on any atom is -0.481 e. The van der Waals surface area contributed by atoms with E-state index in [-0.39, 0.29) is 30.3 Å². The molecule has 0 heterocycles. The fourth-order valence-electron chi connectivity index (χ4n) is 2.61. The summed E-state index contributed by atoms with van der Waals surface area (Å²) in [5.74, 6) is -1.47. The SMILES string of the molecule is CC(CN(C(=O)c1ccc(NC(=O)C2CC2)cc1)C1CC1)C(=O)O. The summed E-state index contributed by atoms with van der Waals surface area (Å²) in [4.78, 5) is 37.2. The van der Waals surface area contributed by atoms with Gasteiger partial charge in [-0.3, -0.25) is 14.4 Å². The smallest absolute Gasteiger partial charge is 0.308 e. The lowest BCUT2D eigenvalue weighted by Crippen LogP contribution is -2.38. The molecule has 1 atom stereocenters. The standard InChI is InChI=1S/C18H22N2O4/c1-11(18(23)24)10-20(15-8-9-15)17(22)13-4-6-14(7-5-13)19-16(21)12-2-3-12/h4-7,11-12,15H,2-3,8-10H2,1H3,(H,19,21)(H,23,24). The first kappa shape index (κ1) is 16.5. The number of hydrogen-bond donors (Lipinski definition) is 2. The Balaban J connectivity index is 1.65. The molecule has 0 radical (unpaired) electrons. The van der Waals surface area contributed by atoms with E-state index >= 15 is 0 Å². The number of amides is 2. The summed E-state index contributed by atoms with van der Waals surface area (Å²) >= 11 is 0. The van der Waals surface area contributed by atoms with Crippen LogP contribution in [0.1, 0.15) is 43.0 Å². The average Bonchev–Trinajstić information content (AvgIpc) is 3.44. The highest BCUT2D eigenvalue weighted by molar-refractivity contribution is 5.97. The van der Waals surface area contributed by atoms with Crippen molar-refractivity contribution in [1.82, 2.24) is 4.90 Å². The molecular formula is C18H22N2O4. The van der Waals surface area contributed by atoms with Crippen LogP contribution in [0.2, 0.25) is 0 Å². The fraction of sp³-hybridized carbons (Fsp3) is 0.500. The van der Waals surface area contributed by atoms with Gasteiger partial charge in [-0.15, -0.1) is 0 Å². The van der Waals surface area contributed by atoms with Gasteiger partial charge in [0.2, 0.25) is 5.91 Å². The van der Waals surface area contributed by atoms with Gasteiger partial charge in [-0.1, -0.05) is 6.92 Å². The third-order valence-corrected chi connectivity index (χ3v) is 4.49. The lowest BCUT2D eigenvalue weighted by atomic mass is 10.1. The van der Waals surface area contributed by atoms with E-state index in [9.17, 15) is 14.4 Å². The molecule has 1 unspecified atom stereocenters.